The summed E-state index contributed by atoms with van der Waals surface area (Å²) in [5.74, 6) is 1.23. The summed E-state index contributed by atoms with van der Waals surface area (Å²) in [6.45, 7) is 9.50. The first-order chi connectivity index (χ1) is 12.6. The van der Waals surface area contributed by atoms with Gasteiger partial charge in [-0.05, 0) is 38.0 Å². The molecule has 2 fully saturated rings. The Morgan fingerprint density at radius 1 is 1.23 bits per heavy atom. The first kappa shape index (κ1) is 19.2. The monoisotopic (exact) mass is 360 g/mol. The molecular weight excluding hydrogens is 328 g/mol. The highest BCUT2D eigenvalue weighted by molar-refractivity contribution is 5.76. The van der Waals surface area contributed by atoms with Crippen molar-refractivity contribution in [3.05, 3.63) is 29.8 Å². The van der Waals surface area contributed by atoms with Gasteiger partial charge in [0.25, 0.3) is 0 Å². The number of hydrogen-bond acceptors (Lipinski definition) is 4. The molecule has 1 amide bonds. The maximum atomic E-state index is 12.5. The van der Waals surface area contributed by atoms with Gasteiger partial charge in [0.2, 0.25) is 5.91 Å². The van der Waals surface area contributed by atoms with Crippen molar-refractivity contribution in [1.82, 2.24) is 9.80 Å². The Morgan fingerprint density at radius 2 is 1.96 bits per heavy atom. The third-order valence-corrected chi connectivity index (χ3v) is 5.53. The zero-order valence-corrected chi connectivity index (χ0v) is 16.2. The number of ether oxygens (including phenoxy) is 2. The topological polar surface area (TPSA) is 42.0 Å². The normalized spacial score (nSPS) is 20.8. The van der Waals surface area contributed by atoms with Crippen molar-refractivity contribution in [2.24, 2.45) is 0 Å². The number of aryl methyl sites for hydroxylation is 1. The van der Waals surface area contributed by atoms with Crippen LogP contribution >= 0.6 is 0 Å². The van der Waals surface area contributed by atoms with Crippen molar-refractivity contribution in [3.8, 4) is 5.75 Å². The van der Waals surface area contributed by atoms with Crippen molar-refractivity contribution in [2.45, 2.75) is 51.7 Å². The fourth-order valence-electron chi connectivity index (χ4n) is 3.80. The van der Waals surface area contributed by atoms with E-state index in [9.17, 15) is 4.79 Å². The first-order valence-electron chi connectivity index (χ1n) is 9.95. The maximum Gasteiger partial charge on any atom is 0.222 e. The third-order valence-electron chi connectivity index (χ3n) is 5.53. The van der Waals surface area contributed by atoms with Gasteiger partial charge >= 0.3 is 0 Å². The Hall–Kier alpha value is -1.59. The van der Waals surface area contributed by atoms with E-state index in [1.165, 1.54) is 5.56 Å². The zero-order valence-electron chi connectivity index (χ0n) is 16.2. The summed E-state index contributed by atoms with van der Waals surface area (Å²) in [5, 5.41) is 0. The molecule has 0 aromatic heterocycles. The number of benzene rings is 1. The van der Waals surface area contributed by atoms with Crippen molar-refractivity contribution >= 4 is 5.91 Å². The highest BCUT2D eigenvalue weighted by Crippen LogP contribution is 2.21. The van der Waals surface area contributed by atoms with Gasteiger partial charge in [-0.15, -0.1) is 0 Å². The summed E-state index contributed by atoms with van der Waals surface area (Å²) in [5.41, 5.74) is 1.21. The van der Waals surface area contributed by atoms with Gasteiger partial charge in [-0.2, -0.15) is 0 Å². The highest BCUT2D eigenvalue weighted by atomic mass is 16.5. The summed E-state index contributed by atoms with van der Waals surface area (Å²) in [4.78, 5) is 17.0. The van der Waals surface area contributed by atoms with Crippen LogP contribution in [0.5, 0.6) is 5.75 Å². The lowest BCUT2D eigenvalue weighted by atomic mass is 10.1. The number of carbonyl (C=O) groups is 1. The van der Waals surface area contributed by atoms with Gasteiger partial charge in [-0.1, -0.05) is 12.1 Å². The molecule has 0 spiro atoms. The highest BCUT2D eigenvalue weighted by Gasteiger charge is 2.25. The van der Waals surface area contributed by atoms with E-state index < -0.39 is 0 Å². The largest absolute Gasteiger partial charge is 0.490 e. The second-order valence-electron chi connectivity index (χ2n) is 7.55. The second-order valence-corrected chi connectivity index (χ2v) is 7.55. The maximum absolute atomic E-state index is 12.5. The molecule has 1 unspecified atom stereocenters. The minimum absolute atomic E-state index is 0.216. The molecule has 2 aliphatic rings. The Labute approximate surface area is 157 Å². The fraction of sp³-hybridized carbons (Fsp3) is 0.667. The molecule has 0 N–H and O–H groups in total. The lowest BCUT2D eigenvalue weighted by Gasteiger charge is -2.34. The zero-order chi connectivity index (χ0) is 18.4. The number of likely N-dealkylation sites (tertiary alicyclic amines) is 1. The predicted octanol–water partition coefficient (Wildman–Crippen LogP) is 2.87. The molecule has 1 aromatic rings. The number of amides is 1. The van der Waals surface area contributed by atoms with Crippen LogP contribution in [0.4, 0.5) is 0 Å². The summed E-state index contributed by atoms with van der Waals surface area (Å²) in [6, 6.07) is 8.64. The molecule has 2 aliphatic heterocycles. The van der Waals surface area contributed by atoms with E-state index in [0.29, 0.717) is 18.4 Å². The van der Waals surface area contributed by atoms with Crippen LogP contribution in [0, 0.1) is 6.92 Å². The molecule has 1 aromatic carbocycles. The van der Waals surface area contributed by atoms with Crippen LogP contribution in [0.1, 0.15) is 38.2 Å². The van der Waals surface area contributed by atoms with Gasteiger partial charge in [0, 0.05) is 51.5 Å². The van der Waals surface area contributed by atoms with E-state index in [0.717, 1.165) is 64.4 Å². The Bertz CT molecular complexity index is 578. The van der Waals surface area contributed by atoms with Crippen molar-refractivity contribution in [3.63, 3.8) is 0 Å². The average Bonchev–Trinajstić information content (AvgIpc) is 2.67. The van der Waals surface area contributed by atoms with Crippen LogP contribution in [0.2, 0.25) is 0 Å². The van der Waals surface area contributed by atoms with E-state index >= 15 is 0 Å². The Balaban J connectivity index is 1.37. The van der Waals surface area contributed by atoms with Gasteiger partial charge in [-0.25, -0.2) is 0 Å². The van der Waals surface area contributed by atoms with Gasteiger partial charge in [0.05, 0.1) is 13.2 Å². The molecule has 0 saturated carbocycles. The molecule has 0 bridgehead atoms. The number of hydrogen-bond donors (Lipinski definition) is 0. The summed E-state index contributed by atoms with van der Waals surface area (Å²) >= 11 is 0. The lowest BCUT2D eigenvalue weighted by molar-refractivity contribution is -0.133. The minimum Gasteiger partial charge on any atom is -0.490 e. The molecule has 5 heteroatoms. The lowest BCUT2D eigenvalue weighted by Crippen LogP contribution is -2.44. The van der Waals surface area contributed by atoms with Crippen molar-refractivity contribution < 1.29 is 14.3 Å². The van der Waals surface area contributed by atoms with Crippen LogP contribution in [0.25, 0.3) is 0 Å². The van der Waals surface area contributed by atoms with Crippen LogP contribution in [-0.4, -0.2) is 67.2 Å². The molecule has 3 rings (SSSR count). The van der Waals surface area contributed by atoms with Crippen LogP contribution < -0.4 is 4.74 Å². The molecule has 5 nitrogen and oxygen atoms in total. The number of nitrogens with zero attached hydrogens (tertiary/aromatic N) is 2. The molecule has 0 aliphatic carbocycles. The summed E-state index contributed by atoms with van der Waals surface area (Å²) < 4.78 is 11.5. The van der Waals surface area contributed by atoms with Crippen molar-refractivity contribution in [1.29, 1.82) is 0 Å². The van der Waals surface area contributed by atoms with Gasteiger partial charge < -0.3 is 14.4 Å². The SMILES string of the molecule is Cc1cccc(OC2CCN(C(=O)CCC(C)N3CCOCC3)CC2)c1. The minimum atomic E-state index is 0.216. The van der Waals surface area contributed by atoms with Gasteiger partial charge in [0.15, 0.2) is 0 Å². The van der Waals surface area contributed by atoms with Crippen molar-refractivity contribution in [2.75, 3.05) is 39.4 Å². The summed E-state index contributed by atoms with van der Waals surface area (Å²) in [6.07, 6.45) is 3.62. The molecule has 1 atom stereocenters. The van der Waals surface area contributed by atoms with E-state index in [-0.39, 0.29) is 6.10 Å². The third kappa shape index (κ3) is 5.45. The molecule has 26 heavy (non-hydrogen) atoms. The molecule has 144 valence electrons. The standard InChI is InChI=1S/C21H32N2O3/c1-17-4-3-5-20(16-17)26-19-8-10-23(11-9-19)21(24)7-6-18(2)22-12-14-25-15-13-22/h3-5,16,18-19H,6-15H2,1-2H3. The Morgan fingerprint density at radius 3 is 2.65 bits per heavy atom. The second kappa shape index (κ2) is 9.38. The summed E-state index contributed by atoms with van der Waals surface area (Å²) in [7, 11) is 0. The smallest absolute Gasteiger partial charge is 0.222 e. The Kier molecular flexibility index (Phi) is 6.92. The van der Waals surface area contributed by atoms with E-state index in [4.69, 9.17) is 9.47 Å². The predicted molar refractivity (Wildman–Crippen MR) is 102 cm³/mol. The first-order valence-corrected chi connectivity index (χ1v) is 9.95. The number of morpholine rings is 1. The van der Waals surface area contributed by atoms with Gasteiger partial charge in [-0.3, -0.25) is 9.69 Å². The molecular formula is C21H32N2O3. The fourth-order valence-corrected chi connectivity index (χ4v) is 3.80. The number of carbonyl (C=O) groups excluding carboxylic acids is 1. The van der Waals surface area contributed by atoms with E-state index in [1.807, 2.05) is 17.0 Å². The number of rotatable bonds is 6. The number of piperidine rings is 1. The molecule has 0 radical (unpaired) electrons. The molecule has 2 heterocycles. The van der Waals surface area contributed by atoms with E-state index in [2.05, 4.69) is 30.9 Å². The van der Waals surface area contributed by atoms with E-state index in [1.54, 1.807) is 0 Å². The average molecular weight is 360 g/mol. The van der Waals surface area contributed by atoms with Crippen LogP contribution in [0.15, 0.2) is 24.3 Å². The quantitative estimate of drug-likeness (QED) is 0.782. The van der Waals surface area contributed by atoms with Crippen LogP contribution in [-0.2, 0) is 9.53 Å². The molecule has 2 saturated heterocycles. The van der Waals surface area contributed by atoms with Gasteiger partial charge in [0.1, 0.15) is 11.9 Å². The van der Waals surface area contributed by atoms with Crippen LogP contribution in [0.3, 0.4) is 0 Å².